The van der Waals surface area contributed by atoms with Gasteiger partial charge in [-0.05, 0) is 61.4 Å². The van der Waals surface area contributed by atoms with Crippen LogP contribution in [0.3, 0.4) is 0 Å². The molecule has 2 aromatic rings. The molecular formula is C20H23ClN2O3. The zero-order valence-electron chi connectivity index (χ0n) is 14.9. The molecule has 0 saturated heterocycles. The van der Waals surface area contributed by atoms with Crippen molar-refractivity contribution in [1.82, 2.24) is 5.43 Å². The Balaban J connectivity index is 1.80. The zero-order valence-corrected chi connectivity index (χ0v) is 15.7. The highest BCUT2D eigenvalue weighted by molar-refractivity contribution is 6.30. The fourth-order valence-corrected chi connectivity index (χ4v) is 2.22. The minimum Gasteiger partial charge on any atom is -0.494 e. The van der Waals surface area contributed by atoms with Crippen LogP contribution in [0.1, 0.15) is 32.3 Å². The average Bonchev–Trinajstić information content (AvgIpc) is 2.63. The Morgan fingerprint density at radius 3 is 2.69 bits per heavy atom. The smallest absolute Gasteiger partial charge is 0.280 e. The highest BCUT2D eigenvalue weighted by Crippen LogP contribution is 2.18. The van der Waals surface area contributed by atoms with E-state index < -0.39 is 6.10 Å². The average molecular weight is 375 g/mol. The summed E-state index contributed by atoms with van der Waals surface area (Å²) in [5, 5.41) is 4.51. The third-order valence-corrected chi connectivity index (χ3v) is 3.75. The molecule has 5 nitrogen and oxygen atoms in total. The summed E-state index contributed by atoms with van der Waals surface area (Å²) in [6.07, 6.45) is 3.01. The Morgan fingerprint density at radius 2 is 2.00 bits per heavy atom. The molecule has 0 aliphatic heterocycles. The van der Waals surface area contributed by atoms with Gasteiger partial charge in [0.25, 0.3) is 5.91 Å². The molecule has 2 aromatic carbocycles. The van der Waals surface area contributed by atoms with Crippen molar-refractivity contribution in [2.45, 2.75) is 32.8 Å². The molecule has 0 radical (unpaired) electrons. The molecule has 0 aliphatic carbocycles. The van der Waals surface area contributed by atoms with Crippen LogP contribution in [0.25, 0.3) is 0 Å². The SMILES string of the molecule is CCCCOc1ccc(/C=N\NC(=O)[C@@H](C)Oc2cccc(Cl)c2)cc1. The van der Waals surface area contributed by atoms with E-state index in [1.807, 2.05) is 24.3 Å². The van der Waals surface area contributed by atoms with Crippen LogP contribution >= 0.6 is 11.6 Å². The van der Waals surface area contributed by atoms with Crippen LogP contribution in [0.2, 0.25) is 5.02 Å². The number of halogens is 1. The van der Waals surface area contributed by atoms with Crippen molar-refractivity contribution in [1.29, 1.82) is 0 Å². The number of amides is 1. The first-order valence-corrected chi connectivity index (χ1v) is 8.94. The molecule has 0 unspecified atom stereocenters. The summed E-state index contributed by atoms with van der Waals surface area (Å²) >= 11 is 5.89. The van der Waals surface area contributed by atoms with Gasteiger partial charge in [-0.2, -0.15) is 5.10 Å². The van der Waals surface area contributed by atoms with Crippen molar-refractivity contribution < 1.29 is 14.3 Å². The lowest BCUT2D eigenvalue weighted by atomic mass is 10.2. The Labute approximate surface area is 159 Å². The van der Waals surface area contributed by atoms with Crippen LogP contribution in [0, 0.1) is 0 Å². The number of carbonyl (C=O) groups is 1. The summed E-state index contributed by atoms with van der Waals surface area (Å²) in [4.78, 5) is 12.0. The first kappa shape index (κ1) is 19.8. The number of ether oxygens (including phenoxy) is 2. The quantitative estimate of drug-likeness (QED) is 0.401. The third kappa shape index (κ3) is 6.76. The summed E-state index contributed by atoms with van der Waals surface area (Å²) in [6, 6.07) is 14.4. The normalized spacial score (nSPS) is 12.0. The van der Waals surface area contributed by atoms with Crippen molar-refractivity contribution in [3.8, 4) is 11.5 Å². The molecule has 0 aromatic heterocycles. The fourth-order valence-electron chi connectivity index (χ4n) is 2.04. The Bertz CT molecular complexity index is 732. The second-order valence-corrected chi connectivity index (χ2v) is 6.16. The maximum Gasteiger partial charge on any atom is 0.280 e. The lowest BCUT2D eigenvalue weighted by Crippen LogP contribution is -2.33. The van der Waals surface area contributed by atoms with Gasteiger partial charge in [-0.1, -0.05) is 31.0 Å². The number of rotatable bonds is 9. The molecule has 138 valence electrons. The predicted molar refractivity (Wildman–Crippen MR) is 104 cm³/mol. The van der Waals surface area contributed by atoms with E-state index in [9.17, 15) is 4.79 Å². The minimum atomic E-state index is -0.694. The van der Waals surface area contributed by atoms with Gasteiger partial charge in [-0.15, -0.1) is 0 Å². The van der Waals surface area contributed by atoms with Crippen LogP contribution in [0.4, 0.5) is 0 Å². The molecule has 0 saturated carbocycles. The number of nitrogens with zero attached hydrogens (tertiary/aromatic N) is 1. The second kappa shape index (κ2) is 10.5. The first-order chi connectivity index (χ1) is 12.6. The number of carbonyl (C=O) groups excluding carboxylic acids is 1. The Hall–Kier alpha value is -2.53. The molecule has 26 heavy (non-hydrogen) atoms. The van der Waals surface area contributed by atoms with E-state index in [-0.39, 0.29) is 5.91 Å². The van der Waals surface area contributed by atoms with Crippen molar-refractivity contribution in [3.05, 3.63) is 59.1 Å². The van der Waals surface area contributed by atoms with Gasteiger partial charge in [0, 0.05) is 5.02 Å². The van der Waals surface area contributed by atoms with Crippen LogP contribution in [0.5, 0.6) is 11.5 Å². The van der Waals surface area contributed by atoms with E-state index in [1.54, 1.807) is 37.4 Å². The maximum absolute atomic E-state index is 12.0. The molecule has 6 heteroatoms. The largest absolute Gasteiger partial charge is 0.494 e. The van der Waals surface area contributed by atoms with Crippen LogP contribution in [0.15, 0.2) is 53.6 Å². The first-order valence-electron chi connectivity index (χ1n) is 8.56. The number of unbranched alkanes of at least 4 members (excludes halogenated alkanes) is 1. The van der Waals surface area contributed by atoms with E-state index in [0.717, 1.165) is 24.2 Å². The Kier molecular flexibility index (Phi) is 7.96. The second-order valence-electron chi connectivity index (χ2n) is 5.72. The molecule has 0 spiro atoms. The van der Waals surface area contributed by atoms with Gasteiger partial charge in [0.05, 0.1) is 12.8 Å². The molecule has 0 fully saturated rings. The number of hydrogen-bond acceptors (Lipinski definition) is 4. The molecule has 1 amide bonds. The van der Waals surface area contributed by atoms with Gasteiger partial charge >= 0.3 is 0 Å². The fraction of sp³-hybridized carbons (Fsp3) is 0.300. The van der Waals surface area contributed by atoms with E-state index in [2.05, 4.69) is 17.5 Å². The van der Waals surface area contributed by atoms with Crippen LogP contribution in [-0.2, 0) is 4.79 Å². The lowest BCUT2D eigenvalue weighted by molar-refractivity contribution is -0.127. The van der Waals surface area contributed by atoms with E-state index in [1.165, 1.54) is 0 Å². The summed E-state index contributed by atoms with van der Waals surface area (Å²) in [5.74, 6) is 1.01. The highest BCUT2D eigenvalue weighted by Gasteiger charge is 2.13. The van der Waals surface area contributed by atoms with Crippen LogP contribution < -0.4 is 14.9 Å². The van der Waals surface area contributed by atoms with Gasteiger partial charge in [0.15, 0.2) is 6.10 Å². The molecule has 0 bridgehead atoms. The number of hydrogen-bond donors (Lipinski definition) is 1. The van der Waals surface area contributed by atoms with E-state index in [4.69, 9.17) is 21.1 Å². The van der Waals surface area contributed by atoms with E-state index >= 15 is 0 Å². The topological polar surface area (TPSA) is 59.9 Å². The van der Waals surface area contributed by atoms with Gasteiger partial charge in [-0.3, -0.25) is 4.79 Å². The number of hydrazone groups is 1. The van der Waals surface area contributed by atoms with Crippen molar-refractivity contribution in [2.24, 2.45) is 5.10 Å². The summed E-state index contributed by atoms with van der Waals surface area (Å²) in [5.41, 5.74) is 3.32. The molecule has 1 N–H and O–H groups in total. The van der Waals surface area contributed by atoms with Crippen molar-refractivity contribution in [3.63, 3.8) is 0 Å². The summed E-state index contributed by atoms with van der Waals surface area (Å²) in [6.45, 7) is 4.48. The summed E-state index contributed by atoms with van der Waals surface area (Å²) in [7, 11) is 0. The molecule has 0 aliphatic rings. The van der Waals surface area contributed by atoms with Crippen molar-refractivity contribution >= 4 is 23.7 Å². The monoisotopic (exact) mass is 374 g/mol. The van der Waals surface area contributed by atoms with Gasteiger partial charge in [0.1, 0.15) is 11.5 Å². The molecule has 2 rings (SSSR count). The van der Waals surface area contributed by atoms with Gasteiger partial charge in [-0.25, -0.2) is 5.43 Å². The van der Waals surface area contributed by atoms with Gasteiger partial charge < -0.3 is 9.47 Å². The number of benzene rings is 2. The Morgan fingerprint density at radius 1 is 1.23 bits per heavy atom. The van der Waals surface area contributed by atoms with E-state index in [0.29, 0.717) is 17.4 Å². The molecule has 0 heterocycles. The van der Waals surface area contributed by atoms with Gasteiger partial charge in [0.2, 0.25) is 0 Å². The molecule has 1 atom stereocenters. The predicted octanol–water partition coefficient (Wildman–Crippen LogP) is 4.44. The minimum absolute atomic E-state index is 0.347. The highest BCUT2D eigenvalue weighted by atomic mass is 35.5. The maximum atomic E-state index is 12.0. The van der Waals surface area contributed by atoms with Crippen LogP contribution in [-0.4, -0.2) is 24.8 Å². The lowest BCUT2D eigenvalue weighted by Gasteiger charge is -2.12. The standard InChI is InChI=1S/C20H23ClN2O3/c1-3-4-12-25-18-10-8-16(9-11-18)14-22-23-20(24)15(2)26-19-7-5-6-17(21)13-19/h5-11,13-15H,3-4,12H2,1-2H3,(H,23,24)/b22-14-/t15-/m1/s1. The molecular weight excluding hydrogens is 352 g/mol. The number of nitrogens with one attached hydrogen (secondary N) is 1. The summed E-state index contributed by atoms with van der Waals surface area (Å²) < 4.78 is 11.1. The van der Waals surface area contributed by atoms with Crippen molar-refractivity contribution in [2.75, 3.05) is 6.61 Å². The third-order valence-electron chi connectivity index (χ3n) is 3.51. The zero-order chi connectivity index (χ0) is 18.8.